The quantitative estimate of drug-likeness (QED) is 0.807. The van der Waals surface area contributed by atoms with Gasteiger partial charge in [0.05, 0.1) is 12.2 Å². The van der Waals surface area contributed by atoms with Gasteiger partial charge in [-0.25, -0.2) is 14.3 Å². The van der Waals surface area contributed by atoms with Crippen LogP contribution in [0.2, 0.25) is 0 Å². The number of rotatable bonds is 1. The molecule has 6 nitrogen and oxygen atoms in total. The normalized spacial score (nSPS) is 23.5. The van der Waals surface area contributed by atoms with E-state index in [2.05, 4.69) is 16.2 Å². The van der Waals surface area contributed by atoms with E-state index in [-0.39, 0.29) is 18.2 Å². The van der Waals surface area contributed by atoms with Gasteiger partial charge in [-0.2, -0.15) is 5.10 Å². The van der Waals surface area contributed by atoms with Gasteiger partial charge in [0.25, 0.3) is 0 Å². The standard InChI is InChI=1S/C18H22N4O2/c1-18(2,3)24-17(23)22-14-4-5-15(22)9-12(8-14)13-10-19-16-6-7-20-21(16)11-13/h6-8,10-11,14-15H,4-5,9H2,1-3H3. The molecule has 2 unspecified atom stereocenters. The maximum Gasteiger partial charge on any atom is 0.411 e. The lowest BCUT2D eigenvalue weighted by Gasteiger charge is -2.35. The zero-order valence-electron chi connectivity index (χ0n) is 14.3. The van der Waals surface area contributed by atoms with Crippen molar-refractivity contribution in [2.75, 3.05) is 0 Å². The van der Waals surface area contributed by atoms with Crippen LogP contribution >= 0.6 is 0 Å². The fourth-order valence-electron chi connectivity index (χ4n) is 3.62. The van der Waals surface area contributed by atoms with Crippen LogP contribution in [0.15, 0.2) is 30.7 Å². The second-order valence-electron chi connectivity index (χ2n) is 7.56. The molecular formula is C18H22N4O2. The fourth-order valence-corrected chi connectivity index (χ4v) is 3.62. The van der Waals surface area contributed by atoms with E-state index in [1.165, 1.54) is 5.57 Å². The zero-order valence-corrected chi connectivity index (χ0v) is 14.3. The first-order chi connectivity index (χ1) is 11.4. The van der Waals surface area contributed by atoms with E-state index in [9.17, 15) is 4.79 Å². The predicted octanol–water partition coefficient (Wildman–Crippen LogP) is 3.28. The summed E-state index contributed by atoms with van der Waals surface area (Å²) in [4.78, 5) is 18.9. The number of carbonyl (C=O) groups excluding carboxylic acids is 1. The van der Waals surface area contributed by atoms with Crippen LogP contribution in [-0.2, 0) is 4.74 Å². The fraction of sp³-hybridized carbons (Fsp3) is 0.500. The summed E-state index contributed by atoms with van der Waals surface area (Å²) in [5, 5.41) is 4.25. The van der Waals surface area contributed by atoms with Crippen molar-refractivity contribution in [3.05, 3.63) is 36.3 Å². The van der Waals surface area contributed by atoms with Crippen LogP contribution in [0.3, 0.4) is 0 Å². The molecule has 1 saturated heterocycles. The maximum absolute atomic E-state index is 12.5. The van der Waals surface area contributed by atoms with Crippen molar-refractivity contribution in [2.24, 2.45) is 0 Å². The molecule has 2 aliphatic rings. The molecule has 0 N–H and O–H groups in total. The summed E-state index contributed by atoms with van der Waals surface area (Å²) in [5.41, 5.74) is 2.70. The van der Waals surface area contributed by atoms with Gasteiger partial charge in [0, 0.05) is 30.1 Å². The van der Waals surface area contributed by atoms with Crippen LogP contribution in [0, 0.1) is 0 Å². The molecule has 2 bridgehead atoms. The maximum atomic E-state index is 12.5. The first-order valence-corrected chi connectivity index (χ1v) is 8.42. The molecule has 0 spiro atoms. The highest BCUT2D eigenvalue weighted by Crippen LogP contribution is 2.39. The van der Waals surface area contributed by atoms with Crippen LogP contribution in [0.25, 0.3) is 11.2 Å². The lowest BCUT2D eigenvalue weighted by atomic mass is 9.97. The van der Waals surface area contributed by atoms with Crippen molar-refractivity contribution in [3.8, 4) is 0 Å². The Morgan fingerprint density at radius 3 is 2.92 bits per heavy atom. The first kappa shape index (κ1) is 15.2. The smallest absolute Gasteiger partial charge is 0.411 e. The lowest BCUT2D eigenvalue weighted by Crippen LogP contribution is -2.45. The minimum absolute atomic E-state index is 0.113. The summed E-state index contributed by atoms with van der Waals surface area (Å²) in [6, 6.07) is 2.20. The third-order valence-electron chi connectivity index (χ3n) is 4.62. The highest BCUT2D eigenvalue weighted by Gasteiger charge is 2.41. The van der Waals surface area contributed by atoms with E-state index >= 15 is 0 Å². The minimum atomic E-state index is -0.463. The predicted molar refractivity (Wildman–Crippen MR) is 90.5 cm³/mol. The number of hydrogen-bond donors (Lipinski definition) is 0. The Labute approximate surface area is 141 Å². The number of nitrogens with zero attached hydrogens (tertiary/aromatic N) is 4. The van der Waals surface area contributed by atoms with Gasteiger partial charge >= 0.3 is 6.09 Å². The minimum Gasteiger partial charge on any atom is -0.444 e. The van der Waals surface area contributed by atoms with Crippen LogP contribution in [0.1, 0.15) is 45.6 Å². The molecular weight excluding hydrogens is 304 g/mol. The van der Waals surface area contributed by atoms with E-state index in [0.29, 0.717) is 0 Å². The summed E-state index contributed by atoms with van der Waals surface area (Å²) in [5.74, 6) is 0. The Morgan fingerprint density at radius 2 is 2.17 bits per heavy atom. The molecule has 2 aromatic rings. The second kappa shape index (κ2) is 5.33. The summed E-state index contributed by atoms with van der Waals surface area (Å²) in [6.07, 6.45) is 10.5. The van der Waals surface area contributed by atoms with E-state index in [1.54, 1.807) is 10.7 Å². The molecule has 4 heterocycles. The molecule has 2 atom stereocenters. The van der Waals surface area contributed by atoms with Gasteiger partial charge in [-0.15, -0.1) is 0 Å². The summed E-state index contributed by atoms with van der Waals surface area (Å²) < 4.78 is 7.37. The van der Waals surface area contributed by atoms with E-state index in [0.717, 1.165) is 30.5 Å². The van der Waals surface area contributed by atoms with Crippen molar-refractivity contribution < 1.29 is 9.53 Å². The number of fused-ring (bicyclic) bond motifs is 3. The molecule has 2 aliphatic heterocycles. The third-order valence-corrected chi connectivity index (χ3v) is 4.62. The number of ether oxygens (including phenoxy) is 1. The molecule has 1 fully saturated rings. The Balaban J connectivity index is 1.60. The second-order valence-corrected chi connectivity index (χ2v) is 7.56. The number of amides is 1. The summed E-state index contributed by atoms with van der Waals surface area (Å²) in [7, 11) is 0. The van der Waals surface area contributed by atoms with E-state index in [1.807, 2.05) is 44.1 Å². The van der Waals surface area contributed by atoms with Crippen molar-refractivity contribution in [1.29, 1.82) is 0 Å². The van der Waals surface area contributed by atoms with E-state index < -0.39 is 5.60 Å². The van der Waals surface area contributed by atoms with Crippen molar-refractivity contribution in [3.63, 3.8) is 0 Å². The van der Waals surface area contributed by atoms with Gasteiger partial charge in [-0.3, -0.25) is 4.90 Å². The average molecular weight is 326 g/mol. The number of hydrogen-bond acceptors (Lipinski definition) is 4. The molecule has 0 aliphatic carbocycles. The van der Waals surface area contributed by atoms with Crippen LogP contribution in [0.4, 0.5) is 4.79 Å². The van der Waals surface area contributed by atoms with Gasteiger partial charge in [0.1, 0.15) is 5.60 Å². The van der Waals surface area contributed by atoms with Crippen molar-refractivity contribution in [2.45, 2.75) is 57.7 Å². The monoisotopic (exact) mass is 326 g/mol. The lowest BCUT2D eigenvalue weighted by molar-refractivity contribution is 0.0175. The average Bonchev–Trinajstić information content (AvgIpc) is 3.07. The van der Waals surface area contributed by atoms with Gasteiger partial charge in [-0.05, 0) is 45.6 Å². The molecule has 4 rings (SSSR count). The summed E-state index contributed by atoms with van der Waals surface area (Å²) >= 11 is 0. The molecule has 2 aromatic heterocycles. The Hall–Kier alpha value is -2.37. The Morgan fingerprint density at radius 1 is 1.33 bits per heavy atom. The van der Waals surface area contributed by atoms with Crippen LogP contribution < -0.4 is 0 Å². The van der Waals surface area contributed by atoms with Gasteiger partial charge < -0.3 is 4.74 Å². The molecule has 0 aromatic carbocycles. The van der Waals surface area contributed by atoms with Gasteiger partial charge in [0.15, 0.2) is 5.65 Å². The van der Waals surface area contributed by atoms with Crippen molar-refractivity contribution in [1.82, 2.24) is 19.5 Å². The largest absolute Gasteiger partial charge is 0.444 e. The van der Waals surface area contributed by atoms with Crippen LogP contribution in [0.5, 0.6) is 0 Å². The molecule has 6 heteroatoms. The molecule has 0 radical (unpaired) electrons. The number of aromatic nitrogens is 3. The molecule has 0 saturated carbocycles. The summed E-state index contributed by atoms with van der Waals surface area (Å²) in [6.45, 7) is 5.72. The SMILES string of the molecule is CC(C)(C)OC(=O)N1C2C=C(c3cnc4ccnn4c3)CC1CC2. The van der Waals surface area contributed by atoms with Crippen LogP contribution in [-0.4, -0.2) is 43.3 Å². The van der Waals surface area contributed by atoms with E-state index in [4.69, 9.17) is 4.74 Å². The third kappa shape index (κ3) is 2.66. The molecule has 1 amide bonds. The van der Waals surface area contributed by atoms with Gasteiger partial charge in [-0.1, -0.05) is 6.08 Å². The molecule has 24 heavy (non-hydrogen) atoms. The van der Waals surface area contributed by atoms with Crippen molar-refractivity contribution >= 4 is 17.3 Å². The zero-order chi connectivity index (χ0) is 16.9. The number of carbonyl (C=O) groups is 1. The van der Waals surface area contributed by atoms with Gasteiger partial charge in [0.2, 0.25) is 0 Å². The first-order valence-electron chi connectivity index (χ1n) is 8.42. The highest BCUT2D eigenvalue weighted by molar-refractivity contribution is 5.75. The Bertz CT molecular complexity index is 818. The topological polar surface area (TPSA) is 59.7 Å². The highest BCUT2D eigenvalue weighted by atomic mass is 16.6. The molecule has 126 valence electrons. The Kier molecular flexibility index (Phi) is 3.37.